The molecule has 0 fully saturated rings. The Morgan fingerprint density at radius 3 is 2.47 bits per heavy atom. The lowest BCUT2D eigenvalue weighted by Gasteiger charge is -2.20. The van der Waals surface area contributed by atoms with Crippen molar-refractivity contribution in [3.8, 4) is 0 Å². The first kappa shape index (κ1) is 20.8. The topological polar surface area (TPSA) is 129 Å². The third-order valence-electron chi connectivity index (χ3n) is 4.34. The van der Waals surface area contributed by atoms with Gasteiger partial charge in [-0.3, -0.25) is 9.59 Å². The molecule has 0 bridgehead atoms. The molecule has 1 heterocycles. The number of benzene rings is 2. The van der Waals surface area contributed by atoms with Crippen molar-refractivity contribution in [2.75, 3.05) is 22.6 Å². The number of nitrogens with two attached hydrogens (primary N) is 1. The summed E-state index contributed by atoms with van der Waals surface area (Å²) in [5, 5.41) is 18.9. The number of aliphatic hydroxyl groups excluding tert-OH is 1. The fourth-order valence-electron chi connectivity index (χ4n) is 2.97. The Morgan fingerprint density at radius 1 is 1.07 bits per heavy atom. The maximum absolute atomic E-state index is 11.9. The van der Waals surface area contributed by atoms with Gasteiger partial charge in [-0.2, -0.15) is 0 Å². The van der Waals surface area contributed by atoms with Gasteiger partial charge in [0.25, 0.3) is 5.91 Å². The van der Waals surface area contributed by atoms with Gasteiger partial charge < -0.3 is 26.8 Å². The highest BCUT2D eigenvalue weighted by Gasteiger charge is 2.16. The van der Waals surface area contributed by atoms with Gasteiger partial charge in [-0.05, 0) is 23.8 Å². The van der Waals surface area contributed by atoms with Crippen LogP contribution in [-0.2, 0) is 4.79 Å². The van der Waals surface area contributed by atoms with Crippen molar-refractivity contribution in [3.05, 3.63) is 78.0 Å². The molecule has 0 spiro atoms. The van der Waals surface area contributed by atoms with Crippen LogP contribution in [-0.4, -0.2) is 28.5 Å². The largest absolute Gasteiger partial charge is 0.394 e. The number of nitrogens with zero attached hydrogens (tertiary/aromatic N) is 1. The van der Waals surface area contributed by atoms with Crippen molar-refractivity contribution in [1.29, 1.82) is 0 Å². The van der Waals surface area contributed by atoms with E-state index in [2.05, 4.69) is 20.9 Å². The zero-order valence-electron chi connectivity index (χ0n) is 16.4. The third-order valence-corrected chi connectivity index (χ3v) is 4.34. The Kier molecular flexibility index (Phi) is 6.61. The number of hydrogen-bond acceptors (Lipinski definition) is 6. The fourth-order valence-corrected chi connectivity index (χ4v) is 2.97. The molecule has 0 aliphatic carbocycles. The molecule has 0 unspecified atom stereocenters. The lowest BCUT2D eigenvalue weighted by Crippen LogP contribution is -2.20. The van der Waals surface area contributed by atoms with E-state index in [-0.39, 0.29) is 18.1 Å². The van der Waals surface area contributed by atoms with Gasteiger partial charge in [-0.25, -0.2) is 4.98 Å². The molecule has 1 aromatic heterocycles. The lowest BCUT2D eigenvalue weighted by molar-refractivity contribution is -0.114. The molecular formula is C22H23N5O3. The molecule has 8 nitrogen and oxygen atoms in total. The number of primary amides is 1. The predicted molar refractivity (Wildman–Crippen MR) is 117 cm³/mol. The summed E-state index contributed by atoms with van der Waals surface area (Å²) in [6, 6.07) is 17.8. The van der Waals surface area contributed by atoms with E-state index in [1.165, 1.54) is 13.1 Å². The lowest BCUT2D eigenvalue weighted by atomic mass is 10.1. The van der Waals surface area contributed by atoms with Crippen molar-refractivity contribution in [2.45, 2.75) is 13.0 Å². The number of hydrogen-bond donors (Lipinski definition) is 5. The molecule has 3 aromatic rings. The Morgan fingerprint density at radius 2 is 1.80 bits per heavy atom. The molecular weight excluding hydrogens is 382 g/mol. The summed E-state index contributed by atoms with van der Waals surface area (Å²) in [5.74, 6) is -0.334. The van der Waals surface area contributed by atoms with Gasteiger partial charge in [0.05, 0.1) is 23.9 Å². The SMILES string of the molecule is CC(=O)Nc1cccc(Nc2cc(N[C@H](CO)c3ccccc3)c(C(N)=O)cn2)c1. The van der Waals surface area contributed by atoms with Crippen LogP contribution in [0.15, 0.2) is 66.9 Å². The highest BCUT2D eigenvalue weighted by atomic mass is 16.3. The second kappa shape index (κ2) is 9.53. The molecule has 0 saturated carbocycles. The third kappa shape index (κ3) is 5.33. The van der Waals surface area contributed by atoms with Crippen LogP contribution in [0.25, 0.3) is 0 Å². The first-order valence-corrected chi connectivity index (χ1v) is 9.33. The van der Waals surface area contributed by atoms with Gasteiger partial charge in [-0.15, -0.1) is 0 Å². The molecule has 8 heteroatoms. The average Bonchev–Trinajstić information content (AvgIpc) is 2.72. The maximum Gasteiger partial charge on any atom is 0.252 e. The first-order valence-electron chi connectivity index (χ1n) is 9.33. The normalized spacial score (nSPS) is 11.4. The summed E-state index contributed by atoms with van der Waals surface area (Å²) in [4.78, 5) is 27.4. The van der Waals surface area contributed by atoms with E-state index >= 15 is 0 Å². The number of aromatic nitrogens is 1. The Balaban J connectivity index is 1.87. The fraction of sp³-hybridized carbons (Fsp3) is 0.136. The van der Waals surface area contributed by atoms with Crippen molar-refractivity contribution in [2.24, 2.45) is 5.73 Å². The molecule has 1 atom stereocenters. The number of amides is 2. The smallest absolute Gasteiger partial charge is 0.252 e. The van der Waals surface area contributed by atoms with E-state index in [4.69, 9.17) is 5.73 Å². The van der Waals surface area contributed by atoms with Gasteiger partial charge in [0.15, 0.2) is 0 Å². The summed E-state index contributed by atoms with van der Waals surface area (Å²) < 4.78 is 0. The molecule has 2 amide bonds. The van der Waals surface area contributed by atoms with E-state index in [0.29, 0.717) is 22.9 Å². The Labute approximate surface area is 174 Å². The van der Waals surface area contributed by atoms with Gasteiger partial charge in [0.2, 0.25) is 5.91 Å². The van der Waals surface area contributed by atoms with Crippen LogP contribution < -0.4 is 21.7 Å². The Bertz CT molecular complexity index is 1040. The maximum atomic E-state index is 11.9. The van der Waals surface area contributed by atoms with Crippen LogP contribution in [0.4, 0.5) is 22.9 Å². The minimum atomic E-state index is -0.631. The summed E-state index contributed by atoms with van der Waals surface area (Å²) >= 11 is 0. The van der Waals surface area contributed by atoms with E-state index in [1.807, 2.05) is 36.4 Å². The number of nitrogens with one attached hydrogen (secondary N) is 3. The Hall–Kier alpha value is -3.91. The molecule has 30 heavy (non-hydrogen) atoms. The van der Waals surface area contributed by atoms with Gasteiger partial charge in [-0.1, -0.05) is 36.4 Å². The highest BCUT2D eigenvalue weighted by molar-refractivity contribution is 5.98. The van der Waals surface area contributed by atoms with Gasteiger partial charge >= 0.3 is 0 Å². The van der Waals surface area contributed by atoms with Crippen LogP contribution in [0.3, 0.4) is 0 Å². The number of anilines is 4. The highest BCUT2D eigenvalue weighted by Crippen LogP contribution is 2.26. The summed E-state index contributed by atoms with van der Waals surface area (Å²) in [7, 11) is 0. The summed E-state index contributed by atoms with van der Waals surface area (Å²) in [6.45, 7) is 1.26. The summed E-state index contributed by atoms with van der Waals surface area (Å²) in [5.41, 5.74) is 8.36. The second-order valence-electron chi connectivity index (χ2n) is 6.66. The molecule has 3 rings (SSSR count). The van der Waals surface area contributed by atoms with Crippen LogP contribution >= 0.6 is 0 Å². The van der Waals surface area contributed by atoms with Gasteiger partial charge in [0, 0.05) is 30.6 Å². The van der Waals surface area contributed by atoms with Gasteiger partial charge in [0.1, 0.15) is 5.82 Å². The van der Waals surface area contributed by atoms with Crippen molar-refractivity contribution < 1.29 is 14.7 Å². The predicted octanol–water partition coefficient (Wildman–Crippen LogP) is 3.03. The standard InChI is InChI=1S/C22H23N5O3/c1-14(29)25-16-8-5-9-17(10-16)26-21-11-19(18(12-24-21)22(23)30)27-20(13-28)15-6-3-2-4-7-15/h2-12,20,28H,13H2,1H3,(H2,23,30)(H,25,29)(H2,24,26,27)/t20-/m1/s1. The number of carbonyl (C=O) groups excluding carboxylic acids is 2. The summed E-state index contributed by atoms with van der Waals surface area (Å²) in [6.07, 6.45) is 1.38. The average molecular weight is 405 g/mol. The molecule has 6 N–H and O–H groups in total. The minimum Gasteiger partial charge on any atom is -0.394 e. The molecule has 0 aliphatic heterocycles. The van der Waals surface area contributed by atoms with Crippen LogP contribution in [0.1, 0.15) is 28.9 Å². The first-order chi connectivity index (χ1) is 14.5. The molecule has 2 aromatic carbocycles. The molecule has 0 saturated heterocycles. The number of pyridine rings is 1. The molecule has 154 valence electrons. The monoisotopic (exact) mass is 405 g/mol. The minimum absolute atomic E-state index is 0.168. The van der Waals surface area contributed by atoms with Crippen molar-refractivity contribution in [3.63, 3.8) is 0 Å². The van der Waals surface area contributed by atoms with Crippen molar-refractivity contribution >= 4 is 34.7 Å². The van der Waals surface area contributed by atoms with E-state index < -0.39 is 11.9 Å². The van der Waals surface area contributed by atoms with Crippen LogP contribution in [0.5, 0.6) is 0 Å². The molecule has 0 aliphatic rings. The number of carbonyl (C=O) groups is 2. The van der Waals surface area contributed by atoms with E-state index in [9.17, 15) is 14.7 Å². The van der Waals surface area contributed by atoms with E-state index in [1.54, 1.807) is 24.3 Å². The molecule has 0 radical (unpaired) electrons. The quantitative estimate of drug-likeness (QED) is 0.392. The van der Waals surface area contributed by atoms with Crippen LogP contribution in [0, 0.1) is 0 Å². The van der Waals surface area contributed by atoms with Crippen molar-refractivity contribution in [1.82, 2.24) is 4.98 Å². The zero-order chi connectivity index (χ0) is 21.5. The van der Waals surface area contributed by atoms with E-state index in [0.717, 1.165) is 5.56 Å². The zero-order valence-corrected chi connectivity index (χ0v) is 16.4. The second-order valence-corrected chi connectivity index (χ2v) is 6.66. The number of aliphatic hydroxyl groups is 1. The number of rotatable bonds is 8. The van der Waals surface area contributed by atoms with Crippen LogP contribution in [0.2, 0.25) is 0 Å².